The lowest BCUT2D eigenvalue weighted by Crippen LogP contribution is -2.38. The Labute approximate surface area is 168 Å². The number of carbonyl (C=O) groups excluding carboxylic acids is 1. The first kappa shape index (κ1) is 20.5. The summed E-state index contributed by atoms with van der Waals surface area (Å²) < 4.78 is 10.9. The van der Waals surface area contributed by atoms with Crippen molar-refractivity contribution in [2.24, 2.45) is 0 Å². The van der Waals surface area contributed by atoms with Gasteiger partial charge in [-0.1, -0.05) is 31.9 Å². The summed E-state index contributed by atoms with van der Waals surface area (Å²) in [6.45, 7) is 4.79. The quantitative estimate of drug-likeness (QED) is 0.727. The van der Waals surface area contributed by atoms with E-state index in [4.69, 9.17) is 9.15 Å². The Balaban J connectivity index is 1.56. The highest BCUT2D eigenvalue weighted by Crippen LogP contribution is 2.25. The maximum Gasteiger partial charge on any atom is 0.220 e. The molecule has 1 aromatic heterocycles. The Kier molecular flexibility index (Phi) is 7.54. The first-order chi connectivity index (χ1) is 13.7. The zero-order chi connectivity index (χ0) is 19.8. The van der Waals surface area contributed by atoms with Crippen molar-refractivity contribution in [2.45, 2.75) is 51.0 Å². The molecule has 5 nitrogen and oxygen atoms in total. The zero-order valence-electron chi connectivity index (χ0n) is 17.0. The average Bonchev–Trinajstić information content (AvgIpc) is 3.11. The van der Waals surface area contributed by atoms with Crippen molar-refractivity contribution in [3.63, 3.8) is 0 Å². The highest BCUT2D eigenvalue weighted by atomic mass is 16.5. The highest BCUT2D eigenvalue weighted by molar-refractivity contribution is 5.76. The SMILES string of the molecule is COc1ccc(C(C)CC(=O)NCC(c2ccco2)N2CCCCCC2)cc1. The van der Waals surface area contributed by atoms with Gasteiger partial charge in [0.15, 0.2) is 0 Å². The number of furan rings is 1. The van der Waals surface area contributed by atoms with E-state index in [1.165, 1.54) is 25.7 Å². The van der Waals surface area contributed by atoms with E-state index in [0.717, 1.165) is 30.2 Å². The van der Waals surface area contributed by atoms with Crippen molar-refractivity contribution in [1.29, 1.82) is 0 Å². The van der Waals surface area contributed by atoms with Crippen LogP contribution in [0.4, 0.5) is 0 Å². The fourth-order valence-electron chi connectivity index (χ4n) is 3.91. The lowest BCUT2D eigenvalue weighted by atomic mass is 9.97. The van der Waals surface area contributed by atoms with Crippen LogP contribution in [-0.2, 0) is 4.79 Å². The van der Waals surface area contributed by atoms with Crippen molar-refractivity contribution < 1.29 is 13.9 Å². The Bertz CT molecular complexity index is 704. The summed E-state index contributed by atoms with van der Waals surface area (Å²) in [4.78, 5) is 15.0. The first-order valence-electron chi connectivity index (χ1n) is 10.4. The van der Waals surface area contributed by atoms with Crippen molar-refractivity contribution in [3.05, 3.63) is 54.0 Å². The molecule has 2 unspecified atom stereocenters. The zero-order valence-corrected chi connectivity index (χ0v) is 17.0. The Hall–Kier alpha value is -2.27. The molecule has 2 atom stereocenters. The van der Waals surface area contributed by atoms with Crippen LogP contribution in [0.5, 0.6) is 5.75 Å². The second kappa shape index (κ2) is 10.3. The third-order valence-electron chi connectivity index (χ3n) is 5.62. The monoisotopic (exact) mass is 384 g/mol. The minimum absolute atomic E-state index is 0.0784. The van der Waals surface area contributed by atoms with Gasteiger partial charge in [0, 0.05) is 13.0 Å². The fraction of sp³-hybridized carbons (Fsp3) is 0.522. The Morgan fingerprint density at radius 2 is 1.86 bits per heavy atom. The first-order valence-corrected chi connectivity index (χ1v) is 10.4. The van der Waals surface area contributed by atoms with Gasteiger partial charge in [0.1, 0.15) is 11.5 Å². The van der Waals surface area contributed by atoms with Gasteiger partial charge in [-0.3, -0.25) is 9.69 Å². The Morgan fingerprint density at radius 3 is 2.46 bits per heavy atom. The molecule has 1 N–H and O–H groups in total. The number of ether oxygens (including phenoxy) is 1. The van der Waals surface area contributed by atoms with Gasteiger partial charge in [0.05, 0.1) is 19.4 Å². The van der Waals surface area contributed by atoms with Crippen LogP contribution in [0.15, 0.2) is 47.1 Å². The minimum atomic E-state index is 0.0784. The molecule has 5 heteroatoms. The number of carbonyl (C=O) groups is 1. The summed E-state index contributed by atoms with van der Waals surface area (Å²) in [6.07, 6.45) is 7.17. The number of rotatable bonds is 8. The molecule has 3 rings (SSSR count). The molecule has 28 heavy (non-hydrogen) atoms. The molecule has 152 valence electrons. The number of methoxy groups -OCH3 is 1. The van der Waals surface area contributed by atoms with Crippen LogP contribution in [-0.4, -0.2) is 37.6 Å². The lowest BCUT2D eigenvalue weighted by molar-refractivity contribution is -0.121. The average molecular weight is 385 g/mol. The number of hydrogen-bond acceptors (Lipinski definition) is 4. The molecule has 0 aliphatic carbocycles. The largest absolute Gasteiger partial charge is 0.497 e. The minimum Gasteiger partial charge on any atom is -0.497 e. The summed E-state index contributed by atoms with van der Waals surface area (Å²) in [5.74, 6) is 2.00. The Morgan fingerprint density at radius 1 is 1.14 bits per heavy atom. The van der Waals surface area contributed by atoms with E-state index in [1.54, 1.807) is 13.4 Å². The van der Waals surface area contributed by atoms with Gasteiger partial charge in [0.2, 0.25) is 5.91 Å². The number of benzene rings is 1. The molecule has 1 saturated heterocycles. The normalized spacial score (nSPS) is 17.5. The molecule has 0 spiro atoms. The van der Waals surface area contributed by atoms with Crippen LogP contribution < -0.4 is 10.1 Å². The van der Waals surface area contributed by atoms with Gasteiger partial charge < -0.3 is 14.5 Å². The molecule has 0 radical (unpaired) electrons. The summed E-state index contributed by atoms with van der Waals surface area (Å²) >= 11 is 0. The van der Waals surface area contributed by atoms with Gasteiger partial charge >= 0.3 is 0 Å². The van der Waals surface area contributed by atoms with Gasteiger partial charge in [-0.2, -0.15) is 0 Å². The van der Waals surface area contributed by atoms with Gasteiger partial charge in [0.25, 0.3) is 0 Å². The standard InChI is InChI=1S/C23H32N2O3/c1-18(19-9-11-20(27-2)12-10-19)16-23(26)24-17-21(22-8-7-15-28-22)25-13-5-3-4-6-14-25/h7-12,15,18,21H,3-6,13-14,16-17H2,1-2H3,(H,24,26). The van der Waals surface area contributed by atoms with Crippen LogP contribution in [0, 0.1) is 0 Å². The fourth-order valence-corrected chi connectivity index (χ4v) is 3.91. The number of nitrogens with zero attached hydrogens (tertiary/aromatic N) is 1. The maximum atomic E-state index is 12.6. The molecule has 0 bridgehead atoms. The van der Waals surface area contributed by atoms with E-state index < -0.39 is 0 Å². The van der Waals surface area contributed by atoms with Crippen LogP contribution in [0.3, 0.4) is 0 Å². The molecule has 1 aliphatic heterocycles. The van der Waals surface area contributed by atoms with E-state index in [2.05, 4.69) is 17.1 Å². The summed E-state index contributed by atoms with van der Waals surface area (Å²) in [5, 5.41) is 3.15. The number of amides is 1. The van der Waals surface area contributed by atoms with Crippen molar-refractivity contribution >= 4 is 5.91 Å². The van der Waals surface area contributed by atoms with Crippen LogP contribution in [0.1, 0.15) is 62.3 Å². The van der Waals surface area contributed by atoms with Crippen molar-refractivity contribution in [1.82, 2.24) is 10.2 Å². The van der Waals surface area contributed by atoms with Crippen molar-refractivity contribution in [2.75, 3.05) is 26.7 Å². The predicted octanol–water partition coefficient (Wildman–Crippen LogP) is 4.52. The van der Waals surface area contributed by atoms with E-state index in [0.29, 0.717) is 13.0 Å². The third-order valence-corrected chi connectivity index (χ3v) is 5.62. The van der Waals surface area contributed by atoms with Gasteiger partial charge in [-0.25, -0.2) is 0 Å². The molecule has 0 saturated carbocycles. The van der Waals surface area contributed by atoms with Crippen LogP contribution in [0.2, 0.25) is 0 Å². The topological polar surface area (TPSA) is 54.7 Å². The molecule has 1 amide bonds. The van der Waals surface area contributed by atoms with Crippen LogP contribution >= 0.6 is 0 Å². The highest BCUT2D eigenvalue weighted by Gasteiger charge is 2.24. The van der Waals surface area contributed by atoms with Gasteiger partial charge in [-0.05, 0) is 61.7 Å². The molecule has 2 heterocycles. The molecule has 2 aromatic rings. The smallest absolute Gasteiger partial charge is 0.220 e. The second-order valence-electron chi connectivity index (χ2n) is 7.66. The molecule has 1 aliphatic rings. The third kappa shape index (κ3) is 5.61. The molecule has 1 fully saturated rings. The molecular weight excluding hydrogens is 352 g/mol. The van der Waals surface area contributed by atoms with E-state index in [-0.39, 0.29) is 17.9 Å². The number of nitrogens with one attached hydrogen (secondary N) is 1. The summed E-state index contributed by atoms with van der Waals surface area (Å²) in [7, 11) is 1.66. The number of likely N-dealkylation sites (tertiary alicyclic amines) is 1. The molecular formula is C23H32N2O3. The lowest BCUT2D eigenvalue weighted by Gasteiger charge is -2.29. The predicted molar refractivity (Wildman–Crippen MR) is 111 cm³/mol. The van der Waals surface area contributed by atoms with E-state index in [9.17, 15) is 4.79 Å². The number of hydrogen-bond donors (Lipinski definition) is 1. The van der Waals surface area contributed by atoms with Crippen molar-refractivity contribution in [3.8, 4) is 5.75 Å². The summed E-state index contributed by atoms with van der Waals surface area (Å²) in [5.41, 5.74) is 1.14. The maximum absolute atomic E-state index is 12.6. The second-order valence-corrected chi connectivity index (χ2v) is 7.66. The summed E-state index contributed by atoms with van der Waals surface area (Å²) in [6, 6.07) is 12.0. The van der Waals surface area contributed by atoms with Gasteiger partial charge in [-0.15, -0.1) is 0 Å². The van der Waals surface area contributed by atoms with Crippen LogP contribution in [0.25, 0.3) is 0 Å². The van der Waals surface area contributed by atoms with E-state index >= 15 is 0 Å². The van der Waals surface area contributed by atoms with E-state index in [1.807, 2.05) is 36.4 Å². The molecule has 1 aromatic carbocycles.